The van der Waals surface area contributed by atoms with Crippen LogP contribution in [0.25, 0.3) is 33.4 Å². The van der Waals surface area contributed by atoms with Crippen molar-refractivity contribution in [2.75, 3.05) is 0 Å². The molecule has 0 saturated carbocycles. The van der Waals surface area contributed by atoms with Gasteiger partial charge in [0.1, 0.15) is 0 Å². The van der Waals surface area contributed by atoms with Gasteiger partial charge in [-0.15, -0.1) is 28.8 Å². The molecule has 0 atom stereocenters. The van der Waals surface area contributed by atoms with Gasteiger partial charge in [-0.1, -0.05) is 124 Å². The van der Waals surface area contributed by atoms with Crippen LogP contribution in [0.2, 0.25) is 0 Å². The van der Waals surface area contributed by atoms with Gasteiger partial charge < -0.3 is 24.8 Å². The van der Waals surface area contributed by atoms with E-state index in [9.17, 15) is 0 Å². The van der Waals surface area contributed by atoms with Crippen molar-refractivity contribution in [2.24, 2.45) is 0 Å². The molecule has 3 heteroatoms. The van der Waals surface area contributed by atoms with E-state index in [0.717, 1.165) is 19.3 Å². The summed E-state index contributed by atoms with van der Waals surface area (Å²) in [5, 5.41) is 0. The fourth-order valence-corrected chi connectivity index (χ4v) is 8.65. The number of fused-ring (bicyclic) bond motifs is 3. The van der Waals surface area contributed by atoms with E-state index in [1.165, 1.54) is 77.9 Å². The molecule has 58 heavy (non-hydrogen) atoms. The zero-order valence-electron chi connectivity index (χ0n) is 35.4. The third-order valence-corrected chi connectivity index (χ3v) is 11.5. The average Bonchev–Trinajstić information content (AvgIpc) is 3.87. The molecule has 0 spiro atoms. The minimum atomic E-state index is 0. The van der Waals surface area contributed by atoms with Gasteiger partial charge in [-0.25, -0.2) is 12.1 Å². The summed E-state index contributed by atoms with van der Waals surface area (Å²) in [6.07, 6.45) is 3.18. The van der Waals surface area contributed by atoms with Gasteiger partial charge in [-0.2, -0.15) is 18.2 Å². The number of halogens is 2. The first-order valence-corrected chi connectivity index (χ1v) is 21.2. The molecule has 296 valence electrons. The first-order valence-electron chi connectivity index (χ1n) is 20.0. The number of hydrogen-bond acceptors (Lipinski definition) is 0. The molecule has 0 unspecified atom stereocenters. The minimum absolute atomic E-state index is 0. The normalized spacial score (nSPS) is 11.3. The molecule has 7 aromatic rings. The number of hydrogen-bond donors (Lipinski definition) is 0. The van der Waals surface area contributed by atoms with E-state index < -0.39 is 0 Å². The fourth-order valence-electron chi connectivity index (χ4n) is 7.64. The van der Waals surface area contributed by atoms with E-state index in [1.54, 1.807) is 27.4 Å². The van der Waals surface area contributed by atoms with Gasteiger partial charge in [-0.3, -0.25) is 0 Å². The molecule has 0 fully saturated rings. The quantitative estimate of drug-likeness (QED) is 0.148. The van der Waals surface area contributed by atoms with Crippen molar-refractivity contribution in [3.63, 3.8) is 0 Å². The minimum Gasteiger partial charge on any atom is -0.214 e. The molecule has 0 amide bonds. The van der Waals surface area contributed by atoms with Gasteiger partial charge in [0.15, 0.2) is 0 Å². The van der Waals surface area contributed by atoms with Crippen molar-refractivity contribution in [3.05, 3.63) is 208 Å². The Morgan fingerprint density at radius 1 is 0.534 bits per heavy atom. The topological polar surface area (TPSA) is 0 Å². The van der Waals surface area contributed by atoms with E-state index >= 15 is 0 Å². The van der Waals surface area contributed by atoms with E-state index in [0.29, 0.717) is 0 Å². The molecule has 0 heterocycles. The summed E-state index contributed by atoms with van der Waals surface area (Å²) < 4.78 is 1.60. The Hall–Kier alpha value is -4.00. The van der Waals surface area contributed by atoms with Gasteiger partial charge in [0.25, 0.3) is 0 Å². The van der Waals surface area contributed by atoms with Gasteiger partial charge in [0, 0.05) is 0 Å². The number of aryl methyl sites for hydroxylation is 2. The van der Waals surface area contributed by atoms with E-state index in [2.05, 4.69) is 189 Å². The second kappa shape index (κ2) is 20.8. The monoisotopic (exact) mass is 876 g/mol. The fraction of sp³-hybridized carbons (Fsp3) is 0.236. The van der Waals surface area contributed by atoms with Crippen molar-refractivity contribution in [1.82, 2.24) is 0 Å². The van der Waals surface area contributed by atoms with Crippen molar-refractivity contribution < 1.29 is 49.0 Å². The molecular weight excluding hydrogens is 823 g/mol. The second-order valence-corrected chi connectivity index (χ2v) is 18.9. The summed E-state index contributed by atoms with van der Waals surface area (Å²) >= 11 is 1.55. The molecule has 0 aromatic heterocycles. The van der Waals surface area contributed by atoms with Crippen molar-refractivity contribution in [3.8, 4) is 33.4 Å². The van der Waals surface area contributed by atoms with Crippen LogP contribution in [0.3, 0.4) is 0 Å². The maximum Gasteiger partial charge on any atom is -0.172 e. The maximum absolute atomic E-state index is 3.93. The standard InChI is InChI=1S/C35H37.C15H14.C5H5.2ClH.Zr/c1-22-13-9-11-15-26(22)30-18-24-17-25-19-31(27-16-12-10-14-23(27)2)33(35(6,7)8)21-29(25)28(24)20-32(30)34(3,4)5;1-3-8-14(9-4-1)12-7-13-15-10-5-2-6-11-15;1-2-4-5-3-1;;;/h9-16,18,20-21H,17H2,1-8H3;1-6,8-11H,12-13H2;1-5H;2*1H;/q-1;;-1;;;+2/p-2. The van der Waals surface area contributed by atoms with Crippen molar-refractivity contribution in [2.45, 2.75) is 85.5 Å². The van der Waals surface area contributed by atoms with Gasteiger partial charge in [0.05, 0.1) is 0 Å². The predicted octanol–water partition coefficient (Wildman–Crippen LogP) is 8.21. The van der Waals surface area contributed by atoms with E-state index in [-0.39, 0.29) is 35.6 Å². The first kappa shape index (κ1) is 46.7. The Balaban J connectivity index is 0.000000268. The van der Waals surface area contributed by atoms with E-state index in [1.807, 2.05) is 30.3 Å². The van der Waals surface area contributed by atoms with Gasteiger partial charge in [0.2, 0.25) is 0 Å². The summed E-state index contributed by atoms with van der Waals surface area (Å²) in [6.45, 7) is 18.4. The predicted molar refractivity (Wildman–Crippen MR) is 239 cm³/mol. The number of rotatable bonds is 6. The van der Waals surface area contributed by atoms with Crippen LogP contribution in [-0.4, -0.2) is 3.21 Å². The maximum atomic E-state index is 3.93. The smallest absolute Gasteiger partial charge is 0.172 e. The molecule has 0 radical (unpaired) electrons. The van der Waals surface area contributed by atoms with Crippen molar-refractivity contribution in [1.29, 1.82) is 0 Å². The Morgan fingerprint density at radius 3 is 1.47 bits per heavy atom. The Kier molecular flexibility index (Phi) is 16.7. The third kappa shape index (κ3) is 11.8. The SMILES string of the molecule is Cc1ccccc1-c1[c-]c2c(cc1C(C)(C)C)-c1cc(C(C)(C)C)c(-c3ccccc3C)cc1C2.[Cl-].[Cl-].[Zr+2]=[C](Cc1ccccc1)Cc1ccccc1.c1cc[cH-]c1. The number of benzene rings is 6. The van der Waals surface area contributed by atoms with Crippen LogP contribution in [-0.2, 0) is 54.3 Å². The molecule has 8 rings (SSSR count). The zero-order chi connectivity index (χ0) is 39.9. The molecule has 0 aliphatic heterocycles. The molecule has 0 N–H and O–H groups in total. The van der Waals surface area contributed by atoms with Crippen LogP contribution >= 0.6 is 0 Å². The summed E-state index contributed by atoms with van der Waals surface area (Å²) in [6, 6.07) is 60.3. The molecule has 1 aliphatic carbocycles. The zero-order valence-corrected chi connectivity index (χ0v) is 39.4. The van der Waals surface area contributed by atoms with E-state index in [4.69, 9.17) is 0 Å². The van der Waals surface area contributed by atoms with Gasteiger partial charge >= 0.3 is 112 Å². The van der Waals surface area contributed by atoms with Crippen LogP contribution in [0.4, 0.5) is 0 Å². The first-order chi connectivity index (χ1) is 26.8. The van der Waals surface area contributed by atoms with Crippen LogP contribution in [0.5, 0.6) is 0 Å². The van der Waals surface area contributed by atoms with Gasteiger partial charge in [-0.05, 0) is 58.9 Å². The average molecular weight is 879 g/mol. The largest absolute Gasteiger partial charge is 0.214 e. The Labute approximate surface area is 376 Å². The third-order valence-electron chi connectivity index (χ3n) is 10.6. The summed E-state index contributed by atoms with van der Waals surface area (Å²) in [4.78, 5) is 0. The van der Waals surface area contributed by atoms with Crippen LogP contribution in [0, 0.1) is 19.9 Å². The van der Waals surface area contributed by atoms with Crippen LogP contribution in [0.15, 0.2) is 158 Å². The Morgan fingerprint density at radius 2 is 1.00 bits per heavy atom. The summed E-state index contributed by atoms with van der Waals surface area (Å²) in [5.74, 6) is 0. The molecule has 0 nitrogen and oxygen atoms in total. The van der Waals surface area contributed by atoms with Crippen molar-refractivity contribution >= 4 is 3.21 Å². The van der Waals surface area contributed by atoms with Crippen LogP contribution < -0.4 is 24.8 Å². The molecule has 7 aromatic carbocycles. The Bertz CT molecular complexity index is 2200. The summed E-state index contributed by atoms with van der Waals surface area (Å²) in [5.41, 5.74) is 19.1. The summed E-state index contributed by atoms with van der Waals surface area (Å²) in [7, 11) is 0. The molecule has 0 bridgehead atoms. The second-order valence-electron chi connectivity index (χ2n) is 17.2. The van der Waals surface area contributed by atoms with Crippen LogP contribution in [0.1, 0.15) is 86.1 Å². The molecule has 0 saturated heterocycles. The molecular formula is C55H56Cl2Zr-2. The molecule has 1 aliphatic rings.